The minimum Gasteiger partial charge on any atom is -0.462 e. The molecule has 70 valence electrons. The van der Waals surface area contributed by atoms with Crippen LogP contribution in [-0.4, -0.2) is 38.1 Å². The van der Waals surface area contributed by atoms with Crippen molar-refractivity contribution in [2.75, 3.05) is 27.2 Å². The smallest absolute Gasteiger partial charge is 0.330 e. The third kappa shape index (κ3) is 7.28. The van der Waals surface area contributed by atoms with Crippen molar-refractivity contribution in [1.29, 1.82) is 0 Å². The summed E-state index contributed by atoms with van der Waals surface area (Å²) in [5.41, 5.74) is 0. The predicted octanol–water partition coefficient (Wildman–Crippen LogP) is 1.06. The molecule has 0 radical (unpaired) electrons. The maximum atomic E-state index is 10.8. The van der Waals surface area contributed by atoms with Crippen molar-refractivity contribution in [3.05, 3.63) is 12.2 Å². The second-order valence-corrected chi connectivity index (χ2v) is 2.82. The van der Waals surface area contributed by atoms with E-state index in [1.807, 2.05) is 14.1 Å². The van der Waals surface area contributed by atoms with Gasteiger partial charge >= 0.3 is 5.97 Å². The van der Waals surface area contributed by atoms with Gasteiger partial charge in [0.1, 0.15) is 0 Å². The van der Waals surface area contributed by atoms with Gasteiger partial charge in [-0.3, -0.25) is 0 Å². The second-order valence-electron chi connectivity index (χ2n) is 2.82. The van der Waals surface area contributed by atoms with Crippen LogP contribution in [0.1, 0.15) is 13.3 Å². The zero-order chi connectivity index (χ0) is 9.40. The van der Waals surface area contributed by atoms with Gasteiger partial charge in [-0.2, -0.15) is 0 Å². The van der Waals surface area contributed by atoms with Gasteiger partial charge in [-0.05, 0) is 27.4 Å². The van der Waals surface area contributed by atoms with E-state index >= 15 is 0 Å². The minimum absolute atomic E-state index is 0.253. The lowest BCUT2D eigenvalue weighted by atomic mass is 10.4. The molecule has 0 fully saturated rings. The van der Waals surface area contributed by atoms with Gasteiger partial charge in [0, 0.05) is 12.6 Å². The van der Waals surface area contributed by atoms with Crippen molar-refractivity contribution in [1.82, 2.24) is 4.90 Å². The molecule has 0 aromatic heterocycles. The van der Waals surface area contributed by atoms with Crippen molar-refractivity contribution in [2.45, 2.75) is 13.3 Å². The first-order chi connectivity index (χ1) is 5.66. The van der Waals surface area contributed by atoms with Crippen LogP contribution in [0.2, 0.25) is 0 Å². The largest absolute Gasteiger partial charge is 0.462 e. The maximum Gasteiger partial charge on any atom is 0.330 e. The van der Waals surface area contributed by atoms with Gasteiger partial charge < -0.3 is 9.64 Å². The van der Waals surface area contributed by atoms with Crippen LogP contribution in [0.25, 0.3) is 0 Å². The lowest BCUT2D eigenvalue weighted by Gasteiger charge is -2.08. The molecule has 0 saturated heterocycles. The van der Waals surface area contributed by atoms with E-state index in [1.165, 1.54) is 6.08 Å². The average Bonchev–Trinajstić information content (AvgIpc) is 1.98. The van der Waals surface area contributed by atoms with Crippen LogP contribution in [0.15, 0.2) is 12.2 Å². The molecule has 0 atom stereocenters. The number of carbonyl (C=O) groups is 1. The zero-order valence-electron chi connectivity index (χ0n) is 8.04. The standard InChI is InChI=1S/C9H17NO2/c1-4-6-9(11)12-8-5-7-10(2)3/h4,6H,5,7-8H2,1-3H3/b6-4+. The van der Waals surface area contributed by atoms with Crippen LogP contribution in [0.4, 0.5) is 0 Å². The molecule has 0 spiro atoms. The summed E-state index contributed by atoms with van der Waals surface area (Å²) in [6.07, 6.45) is 3.99. The highest BCUT2D eigenvalue weighted by molar-refractivity contribution is 5.81. The van der Waals surface area contributed by atoms with E-state index in [1.54, 1.807) is 13.0 Å². The number of hydrogen-bond donors (Lipinski definition) is 0. The first-order valence-corrected chi connectivity index (χ1v) is 4.11. The first kappa shape index (κ1) is 11.2. The van der Waals surface area contributed by atoms with Gasteiger partial charge in [0.05, 0.1) is 6.61 Å². The third-order valence-electron chi connectivity index (χ3n) is 1.30. The molecule has 0 amide bonds. The number of allylic oxidation sites excluding steroid dienone is 1. The molecule has 0 aliphatic carbocycles. The number of esters is 1. The Labute approximate surface area is 74.0 Å². The summed E-state index contributed by atoms with van der Waals surface area (Å²) in [6, 6.07) is 0. The maximum absolute atomic E-state index is 10.8. The SMILES string of the molecule is C/C=C/C(=O)OCCCN(C)C. The Bertz CT molecular complexity index is 153. The molecule has 0 unspecified atom stereocenters. The predicted molar refractivity (Wildman–Crippen MR) is 48.9 cm³/mol. The Hall–Kier alpha value is -0.830. The molecule has 0 bridgehead atoms. The molecule has 3 heteroatoms. The van der Waals surface area contributed by atoms with E-state index < -0.39 is 0 Å². The summed E-state index contributed by atoms with van der Waals surface area (Å²) in [5.74, 6) is -0.253. The summed E-state index contributed by atoms with van der Waals surface area (Å²) in [4.78, 5) is 12.8. The highest BCUT2D eigenvalue weighted by atomic mass is 16.5. The van der Waals surface area contributed by atoms with Crippen LogP contribution in [0.5, 0.6) is 0 Å². The van der Waals surface area contributed by atoms with E-state index in [4.69, 9.17) is 4.74 Å². The van der Waals surface area contributed by atoms with Gasteiger partial charge in [-0.15, -0.1) is 0 Å². The zero-order valence-corrected chi connectivity index (χ0v) is 8.04. The van der Waals surface area contributed by atoms with Crippen LogP contribution in [0.3, 0.4) is 0 Å². The third-order valence-corrected chi connectivity index (χ3v) is 1.30. The Balaban J connectivity index is 3.25. The van der Waals surface area contributed by atoms with Crippen LogP contribution in [0, 0.1) is 0 Å². The van der Waals surface area contributed by atoms with Crippen LogP contribution in [-0.2, 0) is 9.53 Å². The molecule has 0 aromatic rings. The highest BCUT2D eigenvalue weighted by Gasteiger charge is 1.95. The first-order valence-electron chi connectivity index (χ1n) is 4.11. The fourth-order valence-electron chi connectivity index (χ4n) is 0.738. The van der Waals surface area contributed by atoms with Crippen LogP contribution >= 0.6 is 0 Å². The second kappa shape index (κ2) is 6.85. The number of rotatable bonds is 5. The molecule has 0 aromatic carbocycles. The van der Waals surface area contributed by atoms with E-state index in [-0.39, 0.29) is 5.97 Å². The van der Waals surface area contributed by atoms with Crippen molar-refractivity contribution in [3.63, 3.8) is 0 Å². The molecule has 3 nitrogen and oxygen atoms in total. The Morgan fingerprint density at radius 1 is 1.50 bits per heavy atom. The quantitative estimate of drug-likeness (QED) is 0.352. The van der Waals surface area contributed by atoms with E-state index in [2.05, 4.69) is 4.90 Å². The van der Waals surface area contributed by atoms with Gasteiger partial charge in [-0.25, -0.2) is 4.79 Å². The number of ether oxygens (including phenoxy) is 1. The Morgan fingerprint density at radius 3 is 2.67 bits per heavy atom. The molecular weight excluding hydrogens is 154 g/mol. The highest BCUT2D eigenvalue weighted by Crippen LogP contribution is 1.87. The van der Waals surface area contributed by atoms with Gasteiger partial charge in [0.2, 0.25) is 0 Å². The lowest BCUT2D eigenvalue weighted by Crippen LogP contribution is -2.15. The van der Waals surface area contributed by atoms with Crippen molar-refractivity contribution in [3.8, 4) is 0 Å². The molecular formula is C9H17NO2. The van der Waals surface area contributed by atoms with Gasteiger partial charge in [-0.1, -0.05) is 6.08 Å². The Morgan fingerprint density at radius 2 is 2.17 bits per heavy atom. The molecule has 0 aliphatic heterocycles. The van der Waals surface area contributed by atoms with Crippen LogP contribution < -0.4 is 0 Å². The number of hydrogen-bond acceptors (Lipinski definition) is 3. The average molecular weight is 171 g/mol. The minimum atomic E-state index is -0.253. The topological polar surface area (TPSA) is 29.5 Å². The van der Waals surface area contributed by atoms with Crippen molar-refractivity contribution < 1.29 is 9.53 Å². The molecule has 12 heavy (non-hydrogen) atoms. The van der Waals surface area contributed by atoms with Gasteiger partial charge in [0.25, 0.3) is 0 Å². The fraction of sp³-hybridized carbons (Fsp3) is 0.667. The molecule has 0 rings (SSSR count). The molecule has 0 saturated carbocycles. The summed E-state index contributed by atoms with van der Waals surface area (Å²) in [7, 11) is 3.99. The number of nitrogens with zero attached hydrogens (tertiary/aromatic N) is 1. The van der Waals surface area contributed by atoms with Crippen molar-refractivity contribution in [2.24, 2.45) is 0 Å². The summed E-state index contributed by atoms with van der Waals surface area (Å²) in [6.45, 7) is 3.24. The summed E-state index contributed by atoms with van der Waals surface area (Å²) >= 11 is 0. The van der Waals surface area contributed by atoms with Crippen molar-refractivity contribution >= 4 is 5.97 Å². The Kier molecular flexibility index (Phi) is 6.38. The molecule has 0 N–H and O–H groups in total. The van der Waals surface area contributed by atoms with E-state index in [9.17, 15) is 4.79 Å². The molecule has 0 aliphatic rings. The number of carbonyl (C=O) groups excluding carboxylic acids is 1. The van der Waals surface area contributed by atoms with E-state index in [0.717, 1.165) is 13.0 Å². The van der Waals surface area contributed by atoms with E-state index in [0.29, 0.717) is 6.61 Å². The summed E-state index contributed by atoms with van der Waals surface area (Å²) < 4.78 is 4.88. The monoisotopic (exact) mass is 171 g/mol. The fourth-order valence-corrected chi connectivity index (χ4v) is 0.738. The van der Waals surface area contributed by atoms with Gasteiger partial charge in [0.15, 0.2) is 0 Å². The molecule has 0 heterocycles. The summed E-state index contributed by atoms with van der Waals surface area (Å²) in [5, 5.41) is 0. The lowest BCUT2D eigenvalue weighted by molar-refractivity contribution is -0.137. The normalized spacial score (nSPS) is 11.0.